The molecule has 140 valence electrons. The van der Waals surface area contributed by atoms with Gasteiger partial charge >= 0.3 is 0 Å². The van der Waals surface area contributed by atoms with E-state index in [9.17, 15) is 12.8 Å². The first-order valence-corrected chi connectivity index (χ1v) is 9.52. The minimum Gasteiger partial charge on any atom is -0.457 e. The Morgan fingerprint density at radius 3 is 1.70 bits per heavy atom. The Balaban J connectivity index is 1.73. The lowest BCUT2D eigenvalue weighted by Crippen LogP contribution is -2.22. The van der Waals surface area contributed by atoms with Gasteiger partial charge in [-0.3, -0.25) is 0 Å². The van der Waals surface area contributed by atoms with Gasteiger partial charge in [-0.05, 0) is 60.7 Å². The van der Waals surface area contributed by atoms with E-state index in [2.05, 4.69) is 0 Å². The molecule has 3 aromatic carbocycles. The number of benzene rings is 3. The largest absolute Gasteiger partial charge is 0.457 e. The molecule has 0 heterocycles. The molecule has 3 rings (SSSR count). The Kier molecular flexibility index (Phi) is 5.43. The fraction of sp³-hybridized carbons (Fsp3) is 0.100. The molecule has 0 aliphatic heterocycles. The van der Waals surface area contributed by atoms with E-state index in [4.69, 9.17) is 9.47 Å². The summed E-state index contributed by atoms with van der Waals surface area (Å²) in [6.45, 7) is 0. The van der Waals surface area contributed by atoms with Crippen LogP contribution in [0.1, 0.15) is 0 Å². The lowest BCUT2D eigenvalue weighted by Gasteiger charge is -2.12. The molecule has 0 radical (unpaired) electrons. The molecule has 0 aromatic heterocycles. The number of hydrogen-bond acceptors (Lipinski definition) is 4. The van der Waals surface area contributed by atoms with Gasteiger partial charge < -0.3 is 9.47 Å². The molecule has 0 aliphatic rings. The van der Waals surface area contributed by atoms with Crippen LogP contribution in [0.25, 0.3) is 0 Å². The third kappa shape index (κ3) is 4.64. The highest BCUT2D eigenvalue weighted by Gasteiger charge is 2.16. The molecule has 0 saturated heterocycles. The van der Waals surface area contributed by atoms with E-state index in [1.165, 1.54) is 50.5 Å². The third-order valence-corrected chi connectivity index (χ3v) is 5.52. The SMILES string of the molecule is CN(C)S(=O)(=O)c1ccc(Oc2cccc(Oc3ccc(F)cc3)c2)cc1. The molecule has 7 heteroatoms. The summed E-state index contributed by atoms with van der Waals surface area (Å²) >= 11 is 0. The summed E-state index contributed by atoms with van der Waals surface area (Å²) in [6, 6.07) is 18.8. The Labute approximate surface area is 157 Å². The van der Waals surface area contributed by atoms with Crippen molar-refractivity contribution >= 4 is 10.0 Å². The van der Waals surface area contributed by atoms with Crippen LogP contribution < -0.4 is 9.47 Å². The highest BCUT2D eigenvalue weighted by atomic mass is 32.2. The molecule has 0 aliphatic carbocycles. The molecule has 0 atom stereocenters. The Hall–Kier alpha value is -2.90. The molecule has 0 unspecified atom stereocenters. The summed E-state index contributed by atoms with van der Waals surface area (Å²) in [5.41, 5.74) is 0. The topological polar surface area (TPSA) is 55.8 Å². The summed E-state index contributed by atoms with van der Waals surface area (Å²) in [6.07, 6.45) is 0. The highest BCUT2D eigenvalue weighted by molar-refractivity contribution is 7.89. The van der Waals surface area contributed by atoms with Crippen molar-refractivity contribution in [3.05, 3.63) is 78.6 Å². The molecular weight excluding hydrogens is 369 g/mol. The second-order valence-electron chi connectivity index (χ2n) is 5.89. The van der Waals surface area contributed by atoms with Gasteiger partial charge in [0.25, 0.3) is 0 Å². The maximum Gasteiger partial charge on any atom is 0.242 e. The van der Waals surface area contributed by atoms with Crippen molar-refractivity contribution in [3.63, 3.8) is 0 Å². The van der Waals surface area contributed by atoms with Crippen LogP contribution in [0.3, 0.4) is 0 Å². The summed E-state index contributed by atoms with van der Waals surface area (Å²) in [5.74, 6) is 1.72. The highest BCUT2D eigenvalue weighted by Crippen LogP contribution is 2.29. The minimum atomic E-state index is -3.48. The smallest absolute Gasteiger partial charge is 0.242 e. The molecular formula is C20H18FNO4S. The Morgan fingerprint density at radius 2 is 1.22 bits per heavy atom. The fourth-order valence-corrected chi connectivity index (χ4v) is 3.17. The van der Waals surface area contributed by atoms with E-state index in [1.807, 2.05) is 0 Å². The van der Waals surface area contributed by atoms with Crippen LogP contribution in [0.2, 0.25) is 0 Å². The van der Waals surface area contributed by atoms with Crippen LogP contribution in [0.5, 0.6) is 23.0 Å². The van der Waals surface area contributed by atoms with Crippen molar-refractivity contribution in [2.75, 3.05) is 14.1 Å². The van der Waals surface area contributed by atoms with Gasteiger partial charge in [0.2, 0.25) is 10.0 Å². The van der Waals surface area contributed by atoms with Crippen molar-refractivity contribution in [2.24, 2.45) is 0 Å². The molecule has 27 heavy (non-hydrogen) atoms. The van der Waals surface area contributed by atoms with Crippen LogP contribution in [-0.2, 0) is 10.0 Å². The number of nitrogens with zero attached hydrogens (tertiary/aromatic N) is 1. The van der Waals surface area contributed by atoms with Crippen LogP contribution in [-0.4, -0.2) is 26.8 Å². The average Bonchev–Trinajstić information content (AvgIpc) is 2.64. The summed E-state index contributed by atoms with van der Waals surface area (Å²) in [5, 5.41) is 0. The summed E-state index contributed by atoms with van der Waals surface area (Å²) < 4.78 is 49.7. The third-order valence-electron chi connectivity index (χ3n) is 3.69. The van der Waals surface area contributed by atoms with E-state index in [1.54, 1.807) is 36.4 Å². The second-order valence-corrected chi connectivity index (χ2v) is 8.04. The number of halogens is 1. The number of rotatable bonds is 6. The van der Waals surface area contributed by atoms with E-state index in [-0.39, 0.29) is 10.7 Å². The molecule has 0 N–H and O–H groups in total. The van der Waals surface area contributed by atoms with Gasteiger partial charge in [0, 0.05) is 20.2 Å². The number of sulfonamides is 1. The van der Waals surface area contributed by atoms with Gasteiger partial charge in [-0.25, -0.2) is 17.1 Å². The van der Waals surface area contributed by atoms with Gasteiger partial charge in [-0.2, -0.15) is 0 Å². The standard InChI is InChI=1S/C20H18FNO4S/c1-22(2)27(23,24)20-12-10-17(11-13-20)26-19-5-3-4-18(14-19)25-16-8-6-15(21)7-9-16/h3-14H,1-2H3. The molecule has 0 bridgehead atoms. The number of hydrogen-bond donors (Lipinski definition) is 0. The Morgan fingerprint density at radius 1 is 0.741 bits per heavy atom. The van der Waals surface area contributed by atoms with Crippen LogP contribution in [0.15, 0.2) is 77.7 Å². The van der Waals surface area contributed by atoms with Crippen LogP contribution in [0, 0.1) is 5.82 Å². The van der Waals surface area contributed by atoms with Crippen molar-refractivity contribution in [2.45, 2.75) is 4.90 Å². The molecule has 0 saturated carbocycles. The maximum absolute atomic E-state index is 13.0. The average molecular weight is 387 g/mol. The summed E-state index contributed by atoms with van der Waals surface area (Å²) in [7, 11) is -0.523. The Bertz CT molecular complexity index is 1020. The van der Waals surface area contributed by atoms with Gasteiger partial charge in [0.15, 0.2) is 0 Å². The first-order chi connectivity index (χ1) is 12.8. The van der Waals surface area contributed by atoms with E-state index in [0.717, 1.165) is 4.31 Å². The molecule has 0 spiro atoms. The predicted octanol–water partition coefficient (Wildman–Crippen LogP) is 4.66. The van der Waals surface area contributed by atoms with Crippen molar-refractivity contribution in [1.82, 2.24) is 4.31 Å². The predicted molar refractivity (Wildman–Crippen MR) is 100 cm³/mol. The lowest BCUT2D eigenvalue weighted by atomic mass is 10.3. The summed E-state index contributed by atoms with van der Waals surface area (Å²) in [4.78, 5) is 0.188. The first kappa shape index (κ1) is 18.9. The maximum atomic E-state index is 13.0. The molecule has 3 aromatic rings. The molecule has 5 nitrogen and oxygen atoms in total. The zero-order chi connectivity index (χ0) is 19.4. The first-order valence-electron chi connectivity index (χ1n) is 8.08. The fourth-order valence-electron chi connectivity index (χ4n) is 2.27. The number of ether oxygens (including phenoxy) is 2. The molecule has 0 fully saturated rings. The van der Waals surface area contributed by atoms with Gasteiger partial charge in [-0.15, -0.1) is 0 Å². The van der Waals surface area contributed by atoms with Gasteiger partial charge in [0.1, 0.15) is 28.8 Å². The van der Waals surface area contributed by atoms with E-state index >= 15 is 0 Å². The lowest BCUT2D eigenvalue weighted by molar-refractivity contribution is 0.459. The quantitative estimate of drug-likeness (QED) is 0.617. The van der Waals surface area contributed by atoms with Crippen LogP contribution >= 0.6 is 0 Å². The zero-order valence-corrected chi connectivity index (χ0v) is 15.6. The molecule has 0 amide bonds. The van der Waals surface area contributed by atoms with Gasteiger partial charge in [0.05, 0.1) is 4.90 Å². The van der Waals surface area contributed by atoms with E-state index in [0.29, 0.717) is 23.0 Å². The van der Waals surface area contributed by atoms with Crippen molar-refractivity contribution < 1.29 is 22.3 Å². The minimum absolute atomic E-state index is 0.188. The zero-order valence-electron chi connectivity index (χ0n) is 14.8. The normalized spacial score (nSPS) is 11.4. The van der Waals surface area contributed by atoms with Gasteiger partial charge in [-0.1, -0.05) is 6.07 Å². The second kappa shape index (κ2) is 7.77. The van der Waals surface area contributed by atoms with E-state index < -0.39 is 10.0 Å². The monoisotopic (exact) mass is 387 g/mol. The van der Waals surface area contributed by atoms with Crippen molar-refractivity contribution in [3.8, 4) is 23.0 Å². The van der Waals surface area contributed by atoms with Crippen molar-refractivity contribution in [1.29, 1.82) is 0 Å². The van der Waals surface area contributed by atoms with Crippen LogP contribution in [0.4, 0.5) is 4.39 Å².